The van der Waals surface area contributed by atoms with Crippen LogP contribution in [0.25, 0.3) is 0 Å². The molecule has 1 heterocycles. The molecule has 2 aromatic rings. The van der Waals surface area contributed by atoms with Crippen molar-refractivity contribution in [1.29, 1.82) is 0 Å². The Kier molecular flexibility index (Phi) is 5.33. The zero-order chi connectivity index (χ0) is 17.6. The lowest BCUT2D eigenvalue weighted by atomic mass is 10.0. The normalized spacial score (nSPS) is 13.2. The van der Waals surface area contributed by atoms with Gasteiger partial charge in [0.1, 0.15) is 5.75 Å². The van der Waals surface area contributed by atoms with Crippen molar-refractivity contribution in [3.8, 4) is 5.75 Å². The van der Waals surface area contributed by atoms with Crippen molar-refractivity contribution < 1.29 is 19.4 Å². The Morgan fingerprint density at radius 3 is 2.80 bits per heavy atom. The van der Waals surface area contributed by atoms with E-state index in [0.29, 0.717) is 25.2 Å². The number of carbonyl (C=O) groups excluding carboxylic acids is 1. The van der Waals surface area contributed by atoms with Crippen LogP contribution in [0.3, 0.4) is 0 Å². The van der Waals surface area contributed by atoms with Crippen LogP contribution in [-0.2, 0) is 11.2 Å². The Hall–Kier alpha value is -2.82. The molecule has 1 aliphatic rings. The summed E-state index contributed by atoms with van der Waals surface area (Å²) in [5.41, 5.74) is 2.44. The van der Waals surface area contributed by atoms with Gasteiger partial charge in [-0.15, -0.1) is 0 Å². The number of carboxylic acid groups (broad SMARTS) is 1. The molecule has 25 heavy (non-hydrogen) atoms. The molecule has 0 aromatic heterocycles. The molecule has 2 aromatic carbocycles. The Morgan fingerprint density at radius 1 is 1.12 bits per heavy atom. The van der Waals surface area contributed by atoms with E-state index in [2.05, 4.69) is 6.07 Å². The van der Waals surface area contributed by atoms with Crippen molar-refractivity contribution in [2.45, 2.75) is 25.7 Å². The van der Waals surface area contributed by atoms with Gasteiger partial charge in [0.05, 0.1) is 12.2 Å². The van der Waals surface area contributed by atoms with Crippen LogP contribution in [0, 0.1) is 0 Å². The number of carboxylic acids is 1. The smallest absolute Gasteiger partial charge is 0.335 e. The van der Waals surface area contributed by atoms with Crippen LogP contribution >= 0.6 is 0 Å². The zero-order valence-electron chi connectivity index (χ0n) is 14.0. The molecule has 0 fully saturated rings. The van der Waals surface area contributed by atoms with Crippen LogP contribution in [0.5, 0.6) is 5.75 Å². The first-order valence-corrected chi connectivity index (χ1v) is 8.49. The van der Waals surface area contributed by atoms with Crippen LogP contribution in [0.2, 0.25) is 0 Å². The maximum Gasteiger partial charge on any atom is 0.335 e. The first kappa shape index (κ1) is 17.0. The van der Waals surface area contributed by atoms with Crippen LogP contribution in [-0.4, -0.2) is 30.1 Å². The van der Waals surface area contributed by atoms with E-state index in [1.807, 2.05) is 23.1 Å². The number of rotatable bonds is 6. The van der Waals surface area contributed by atoms with Gasteiger partial charge in [0, 0.05) is 18.7 Å². The molecular weight excluding hydrogens is 318 g/mol. The molecular formula is C20H21NO4. The third-order valence-electron chi connectivity index (χ3n) is 4.30. The number of fused-ring (bicyclic) bond motifs is 1. The van der Waals surface area contributed by atoms with Crippen molar-refractivity contribution in [1.82, 2.24) is 0 Å². The molecule has 1 N–H and O–H groups in total. The van der Waals surface area contributed by atoms with E-state index in [4.69, 9.17) is 9.84 Å². The second-order valence-electron chi connectivity index (χ2n) is 6.06. The number of para-hydroxylation sites is 1. The Morgan fingerprint density at radius 2 is 1.96 bits per heavy atom. The topological polar surface area (TPSA) is 66.8 Å². The molecule has 1 aliphatic heterocycles. The number of hydrogen-bond acceptors (Lipinski definition) is 3. The number of benzene rings is 2. The van der Waals surface area contributed by atoms with E-state index in [1.165, 1.54) is 17.7 Å². The minimum atomic E-state index is -0.982. The number of aryl methyl sites for hydroxylation is 1. The van der Waals surface area contributed by atoms with E-state index in [1.54, 1.807) is 12.1 Å². The Balaban J connectivity index is 1.51. The summed E-state index contributed by atoms with van der Waals surface area (Å²) < 4.78 is 5.57. The summed E-state index contributed by atoms with van der Waals surface area (Å²) in [4.78, 5) is 25.3. The largest absolute Gasteiger partial charge is 0.494 e. The van der Waals surface area contributed by atoms with Gasteiger partial charge in [0.25, 0.3) is 0 Å². The van der Waals surface area contributed by atoms with Gasteiger partial charge in [-0.3, -0.25) is 4.79 Å². The van der Waals surface area contributed by atoms with Gasteiger partial charge in [-0.25, -0.2) is 4.79 Å². The molecule has 0 bridgehead atoms. The van der Waals surface area contributed by atoms with E-state index >= 15 is 0 Å². The maximum atomic E-state index is 12.5. The number of hydrogen-bond donors (Lipinski definition) is 1. The van der Waals surface area contributed by atoms with Crippen LogP contribution in [0.1, 0.15) is 35.2 Å². The second-order valence-corrected chi connectivity index (χ2v) is 6.06. The number of aromatic carboxylic acids is 1. The highest BCUT2D eigenvalue weighted by atomic mass is 16.5. The Labute approximate surface area is 146 Å². The second kappa shape index (κ2) is 7.83. The van der Waals surface area contributed by atoms with Crippen molar-refractivity contribution in [2.75, 3.05) is 18.1 Å². The summed E-state index contributed by atoms with van der Waals surface area (Å²) in [6, 6.07) is 14.4. The highest BCUT2D eigenvalue weighted by Gasteiger charge is 2.21. The number of ether oxygens (including phenoxy) is 1. The summed E-state index contributed by atoms with van der Waals surface area (Å²) in [7, 11) is 0. The SMILES string of the molecule is O=C(O)c1cccc(OCCCC(=O)N2CCCc3ccccc32)c1. The zero-order valence-corrected chi connectivity index (χ0v) is 14.0. The highest BCUT2D eigenvalue weighted by molar-refractivity contribution is 5.94. The van der Waals surface area contributed by atoms with E-state index < -0.39 is 5.97 Å². The monoisotopic (exact) mass is 339 g/mol. The van der Waals surface area contributed by atoms with Gasteiger partial charge < -0.3 is 14.7 Å². The van der Waals surface area contributed by atoms with Crippen molar-refractivity contribution in [3.05, 3.63) is 59.7 Å². The molecule has 3 rings (SSSR count). The van der Waals surface area contributed by atoms with Gasteiger partial charge >= 0.3 is 5.97 Å². The predicted molar refractivity (Wildman–Crippen MR) is 95.2 cm³/mol. The molecule has 0 unspecified atom stereocenters. The van der Waals surface area contributed by atoms with Crippen molar-refractivity contribution >= 4 is 17.6 Å². The lowest BCUT2D eigenvalue weighted by Gasteiger charge is -2.29. The summed E-state index contributed by atoms with van der Waals surface area (Å²) >= 11 is 0. The van der Waals surface area contributed by atoms with E-state index in [9.17, 15) is 9.59 Å². The molecule has 5 nitrogen and oxygen atoms in total. The average Bonchev–Trinajstić information content (AvgIpc) is 2.65. The first-order chi connectivity index (χ1) is 12.1. The molecule has 1 amide bonds. The van der Waals surface area contributed by atoms with E-state index in [0.717, 1.165) is 25.1 Å². The van der Waals surface area contributed by atoms with Crippen LogP contribution < -0.4 is 9.64 Å². The standard InChI is InChI=1S/C20H21NO4/c22-19(21-12-4-8-15-6-1-2-10-18(15)21)11-5-13-25-17-9-3-7-16(14-17)20(23)24/h1-3,6-7,9-10,14H,4-5,8,11-13H2,(H,23,24). The molecule has 0 saturated heterocycles. The van der Waals surface area contributed by atoms with Crippen LogP contribution in [0.4, 0.5) is 5.69 Å². The summed E-state index contributed by atoms with van der Waals surface area (Å²) in [5.74, 6) is -0.366. The Bertz CT molecular complexity index is 772. The lowest BCUT2D eigenvalue weighted by Crippen LogP contribution is -2.35. The highest BCUT2D eigenvalue weighted by Crippen LogP contribution is 2.27. The van der Waals surface area contributed by atoms with E-state index in [-0.39, 0.29) is 11.5 Å². The number of carbonyl (C=O) groups is 2. The number of nitrogens with zero attached hydrogens (tertiary/aromatic N) is 1. The molecule has 0 saturated carbocycles. The molecule has 0 atom stereocenters. The average molecular weight is 339 g/mol. The number of anilines is 1. The maximum absolute atomic E-state index is 12.5. The van der Waals surface area contributed by atoms with Gasteiger partial charge in [-0.05, 0) is 49.1 Å². The summed E-state index contributed by atoms with van der Waals surface area (Å²) in [5, 5.41) is 8.97. The molecule has 0 radical (unpaired) electrons. The third kappa shape index (κ3) is 4.18. The van der Waals surface area contributed by atoms with Gasteiger partial charge in [-0.2, -0.15) is 0 Å². The lowest BCUT2D eigenvalue weighted by molar-refractivity contribution is -0.118. The fourth-order valence-electron chi connectivity index (χ4n) is 3.06. The van der Waals surface area contributed by atoms with Gasteiger partial charge in [0.2, 0.25) is 5.91 Å². The van der Waals surface area contributed by atoms with Crippen molar-refractivity contribution in [2.24, 2.45) is 0 Å². The first-order valence-electron chi connectivity index (χ1n) is 8.49. The molecule has 130 valence electrons. The predicted octanol–water partition coefficient (Wildman–Crippen LogP) is 3.52. The summed E-state index contributed by atoms with van der Waals surface area (Å²) in [6.07, 6.45) is 3.01. The summed E-state index contributed by atoms with van der Waals surface area (Å²) in [6.45, 7) is 1.14. The molecule has 0 aliphatic carbocycles. The van der Waals surface area contributed by atoms with Crippen LogP contribution in [0.15, 0.2) is 48.5 Å². The molecule has 0 spiro atoms. The van der Waals surface area contributed by atoms with Gasteiger partial charge in [0.15, 0.2) is 0 Å². The fraction of sp³-hybridized carbons (Fsp3) is 0.300. The minimum Gasteiger partial charge on any atom is -0.494 e. The quantitative estimate of drug-likeness (QED) is 0.818. The minimum absolute atomic E-state index is 0.107. The van der Waals surface area contributed by atoms with Crippen molar-refractivity contribution in [3.63, 3.8) is 0 Å². The third-order valence-corrected chi connectivity index (χ3v) is 4.30. The molecule has 5 heteroatoms. The number of amides is 1. The fourth-order valence-corrected chi connectivity index (χ4v) is 3.06. The van der Waals surface area contributed by atoms with Gasteiger partial charge in [-0.1, -0.05) is 24.3 Å².